The Morgan fingerprint density at radius 2 is 1.76 bits per heavy atom. The van der Waals surface area contributed by atoms with Crippen LogP contribution in [0.25, 0.3) is 11.5 Å². The van der Waals surface area contributed by atoms with E-state index in [2.05, 4.69) is 36.7 Å². The molecule has 4 N–H and O–H groups in total. The zero-order valence-corrected chi connectivity index (χ0v) is 15.2. The van der Waals surface area contributed by atoms with Gasteiger partial charge < -0.3 is 15.1 Å². The highest BCUT2D eigenvalue weighted by Gasteiger charge is 2.11. The summed E-state index contributed by atoms with van der Waals surface area (Å²) in [5, 5.41) is 14.4. The second-order valence-electron chi connectivity index (χ2n) is 4.54. The molecule has 0 radical (unpaired) electrons. The van der Waals surface area contributed by atoms with E-state index in [1.165, 1.54) is 12.5 Å². The summed E-state index contributed by atoms with van der Waals surface area (Å²) in [7, 11) is 3.38. The van der Waals surface area contributed by atoms with Crippen molar-refractivity contribution in [1.29, 1.82) is 0 Å². The second-order valence-corrected chi connectivity index (χ2v) is 5.36. The van der Waals surface area contributed by atoms with E-state index in [0.717, 1.165) is 5.56 Å². The van der Waals surface area contributed by atoms with Crippen LogP contribution in [-0.4, -0.2) is 41.2 Å². The van der Waals surface area contributed by atoms with Gasteiger partial charge in [-0.15, -0.1) is 0 Å². The SMILES string of the molecule is CNC(=S)N/N=C\C(=N\NC(=S)NC)c1coc(-c2ccccc2)n1. The number of hydrazone groups is 2. The number of benzene rings is 1. The predicted molar refractivity (Wildman–Crippen MR) is 107 cm³/mol. The average molecular weight is 375 g/mol. The Morgan fingerprint density at radius 3 is 2.44 bits per heavy atom. The molecule has 0 saturated heterocycles. The van der Waals surface area contributed by atoms with E-state index in [0.29, 0.717) is 27.5 Å². The van der Waals surface area contributed by atoms with Gasteiger partial charge >= 0.3 is 0 Å². The van der Waals surface area contributed by atoms with Crippen molar-refractivity contribution in [3.63, 3.8) is 0 Å². The highest BCUT2D eigenvalue weighted by molar-refractivity contribution is 7.80. The highest BCUT2D eigenvalue weighted by Crippen LogP contribution is 2.18. The molecule has 0 fully saturated rings. The molecule has 10 heteroatoms. The molecule has 130 valence electrons. The summed E-state index contributed by atoms with van der Waals surface area (Å²) in [6.45, 7) is 0. The van der Waals surface area contributed by atoms with E-state index >= 15 is 0 Å². The lowest BCUT2D eigenvalue weighted by Crippen LogP contribution is -2.31. The number of hydrogen-bond acceptors (Lipinski definition) is 6. The van der Waals surface area contributed by atoms with Crippen LogP contribution in [0.1, 0.15) is 5.69 Å². The summed E-state index contributed by atoms with van der Waals surface area (Å²) in [6.07, 6.45) is 2.95. The summed E-state index contributed by atoms with van der Waals surface area (Å²) < 4.78 is 5.53. The van der Waals surface area contributed by atoms with Crippen LogP contribution in [0.3, 0.4) is 0 Å². The van der Waals surface area contributed by atoms with Gasteiger partial charge in [-0.3, -0.25) is 10.9 Å². The molecule has 1 aromatic carbocycles. The van der Waals surface area contributed by atoms with Crippen LogP contribution in [0, 0.1) is 0 Å². The smallest absolute Gasteiger partial charge is 0.226 e. The van der Waals surface area contributed by atoms with Crippen molar-refractivity contribution in [2.24, 2.45) is 10.2 Å². The van der Waals surface area contributed by atoms with Gasteiger partial charge in [0.05, 0.1) is 6.21 Å². The molecule has 0 saturated carbocycles. The van der Waals surface area contributed by atoms with Crippen molar-refractivity contribution in [3.05, 3.63) is 42.3 Å². The van der Waals surface area contributed by atoms with Crippen LogP contribution >= 0.6 is 24.4 Å². The highest BCUT2D eigenvalue weighted by atomic mass is 32.1. The molecule has 8 nitrogen and oxygen atoms in total. The Balaban J connectivity index is 2.24. The third kappa shape index (κ3) is 5.62. The number of rotatable bonds is 5. The van der Waals surface area contributed by atoms with Gasteiger partial charge in [0.15, 0.2) is 10.2 Å². The minimum absolute atomic E-state index is 0.358. The van der Waals surface area contributed by atoms with Gasteiger partial charge in [0.1, 0.15) is 17.7 Å². The minimum Gasteiger partial charge on any atom is -0.444 e. The largest absolute Gasteiger partial charge is 0.444 e. The van der Waals surface area contributed by atoms with E-state index in [4.69, 9.17) is 28.9 Å². The molecule has 0 aliphatic heterocycles. The fourth-order valence-electron chi connectivity index (χ4n) is 1.63. The maximum absolute atomic E-state index is 5.53. The number of oxazole rings is 1. The van der Waals surface area contributed by atoms with Gasteiger partial charge in [-0.25, -0.2) is 4.98 Å². The van der Waals surface area contributed by atoms with Crippen LogP contribution in [-0.2, 0) is 0 Å². The molecule has 1 aromatic heterocycles. The fourth-order valence-corrected chi connectivity index (χ4v) is 1.73. The summed E-state index contributed by atoms with van der Waals surface area (Å²) in [5.74, 6) is 0.478. The normalized spacial score (nSPS) is 11.2. The van der Waals surface area contributed by atoms with Gasteiger partial charge in [-0.2, -0.15) is 10.2 Å². The van der Waals surface area contributed by atoms with Crippen LogP contribution in [0.4, 0.5) is 0 Å². The van der Waals surface area contributed by atoms with E-state index < -0.39 is 0 Å². The van der Waals surface area contributed by atoms with Crippen LogP contribution in [0.2, 0.25) is 0 Å². The summed E-state index contributed by atoms with van der Waals surface area (Å²) >= 11 is 9.97. The molecule has 0 aliphatic rings. The molecule has 2 aromatic rings. The topological polar surface area (TPSA) is 98.9 Å². The lowest BCUT2D eigenvalue weighted by molar-refractivity contribution is 0.574. The summed E-state index contributed by atoms with van der Waals surface area (Å²) in [4.78, 5) is 4.43. The first-order valence-corrected chi connectivity index (χ1v) is 8.03. The Hall–Kier alpha value is -2.85. The summed E-state index contributed by atoms with van der Waals surface area (Å²) in [6, 6.07) is 9.55. The molecule has 0 bridgehead atoms. The van der Waals surface area contributed by atoms with Gasteiger partial charge in [0.2, 0.25) is 5.89 Å². The first-order valence-electron chi connectivity index (χ1n) is 7.21. The number of nitrogens with zero attached hydrogens (tertiary/aromatic N) is 3. The van der Waals surface area contributed by atoms with Crippen LogP contribution in [0.5, 0.6) is 0 Å². The third-order valence-corrected chi connectivity index (χ3v) is 3.46. The molecule has 2 rings (SSSR count). The number of aromatic nitrogens is 1. The maximum atomic E-state index is 5.53. The third-order valence-electron chi connectivity index (χ3n) is 2.87. The number of hydrogen-bond donors (Lipinski definition) is 4. The molecule has 0 atom stereocenters. The first-order chi connectivity index (χ1) is 12.1. The van der Waals surface area contributed by atoms with Crippen molar-refractivity contribution in [2.75, 3.05) is 14.1 Å². The lowest BCUT2D eigenvalue weighted by atomic mass is 10.2. The average Bonchev–Trinajstić information content (AvgIpc) is 3.14. The minimum atomic E-state index is 0.358. The fraction of sp³-hybridized carbons (Fsp3) is 0.133. The van der Waals surface area contributed by atoms with Gasteiger partial charge in [0.25, 0.3) is 0 Å². The lowest BCUT2D eigenvalue weighted by Gasteiger charge is -2.03. The number of nitrogens with one attached hydrogen (secondary N) is 4. The van der Waals surface area contributed by atoms with Crippen molar-refractivity contribution in [2.45, 2.75) is 0 Å². The Labute approximate surface area is 155 Å². The zero-order valence-electron chi connectivity index (χ0n) is 13.6. The molecule has 0 unspecified atom stereocenters. The molecule has 0 spiro atoms. The van der Waals surface area contributed by atoms with Crippen molar-refractivity contribution < 1.29 is 4.42 Å². The second kappa shape index (κ2) is 9.45. The molecule has 25 heavy (non-hydrogen) atoms. The Kier molecular flexibility index (Phi) is 6.99. The Morgan fingerprint density at radius 1 is 1.08 bits per heavy atom. The number of thiocarbonyl (C=S) groups is 2. The summed E-state index contributed by atoms with van der Waals surface area (Å²) in [5.41, 5.74) is 7.10. The molecule has 0 aliphatic carbocycles. The molecular formula is C15H17N7OS2. The molecule has 1 heterocycles. The van der Waals surface area contributed by atoms with E-state index in [9.17, 15) is 0 Å². The zero-order chi connectivity index (χ0) is 18.1. The van der Waals surface area contributed by atoms with Crippen LogP contribution in [0.15, 0.2) is 51.2 Å². The van der Waals surface area contributed by atoms with Crippen molar-refractivity contribution in [3.8, 4) is 11.5 Å². The van der Waals surface area contributed by atoms with E-state index in [1.807, 2.05) is 30.3 Å². The monoisotopic (exact) mass is 375 g/mol. The molecular weight excluding hydrogens is 358 g/mol. The quantitative estimate of drug-likeness (QED) is 0.352. The van der Waals surface area contributed by atoms with Crippen LogP contribution < -0.4 is 21.5 Å². The van der Waals surface area contributed by atoms with Gasteiger partial charge in [-0.1, -0.05) is 18.2 Å². The van der Waals surface area contributed by atoms with Gasteiger partial charge in [0, 0.05) is 19.7 Å². The predicted octanol–water partition coefficient (Wildman–Crippen LogP) is 1.22. The van der Waals surface area contributed by atoms with Gasteiger partial charge in [-0.05, 0) is 36.6 Å². The Bertz CT molecular complexity index is 786. The van der Waals surface area contributed by atoms with Crippen molar-refractivity contribution >= 4 is 46.6 Å². The first kappa shape index (κ1) is 18.5. The molecule has 0 amide bonds. The van der Waals surface area contributed by atoms with E-state index in [1.54, 1.807) is 14.1 Å². The maximum Gasteiger partial charge on any atom is 0.226 e. The van der Waals surface area contributed by atoms with E-state index in [-0.39, 0.29) is 0 Å². The van der Waals surface area contributed by atoms with Crippen molar-refractivity contribution in [1.82, 2.24) is 26.5 Å². The standard InChI is InChI=1S/C15H17N7OS2/c1-16-14(24)21-18-8-11(20-22-15(25)17-2)12-9-23-13(19-12)10-6-4-3-5-7-10/h3-9H,1-2H3,(H2,16,21,24)(H2,17,22,25)/b18-8-,20-11-.